The third-order valence-electron chi connectivity index (χ3n) is 3.27. The monoisotopic (exact) mass is 218 g/mol. The van der Waals surface area contributed by atoms with Crippen LogP contribution in [0.3, 0.4) is 0 Å². The Balaban J connectivity index is 1.98. The van der Waals surface area contributed by atoms with Crippen molar-refractivity contribution in [1.82, 2.24) is 10.3 Å². The number of aromatic nitrogens is 1. The molecule has 0 spiro atoms. The highest BCUT2D eigenvalue weighted by atomic mass is 15.0. The molecule has 0 amide bonds. The Hall–Kier alpha value is -0.890. The van der Waals surface area contributed by atoms with Gasteiger partial charge in [-0.05, 0) is 43.7 Å². The summed E-state index contributed by atoms with van der Waals surface area (Å²) < 4.78 is 0. The second-order valence-corrected chi connectivity index (χ2v) is 5.34. The molecule has 0 saturated carbocycles. The summed E-state index contributed by atoms with van der Waals surface area (Å²) in [6.45, 7) is 6.83. The predicted octanol–water partition coefficient (Wildman–Crippen LogP) is 3.09. The first-order valence-corrected chi connectivity index (χ1v) is 6.36. The van der Waals surface area contributed by atoms with Crippen LogP contribution in [0.15, 0.2) is 18.3 Å². The quantitative estimate of drug-likeness (QED) is 0.840. The number of nitrogens with one attached hydrogen (secondary N) is 1. The van der Waals surface area contributed by atoms with Gasteiger partial charge in [0.25, 0.3) is 0 Å². The molecule has 1 heterocycles. The van der Waals surface area contributed by atoms with Gasteiger partial charge in [0.1, 0.15) is 0 Å². The Kier molecular flexibility index (Phi) is 3.59. The molecule has 0 saturated heterocycles. The van der Waals surface area contributed by atoms with Crippen molar-refractivity contribution in [3.8, 4) is 0 Å². The van der Waals surface area contributed by atoms with E-state index in [1.165, 1.54) is 30.5 Å². The van der Waals surface area contributed by atoms with Crippen LogP contribution in [0.2, 0.25) is 0 Å². The number of hydrogen-bond acceptors (Lipinski definition) is 2. The molecule has 88 valence electrons. The number of hydrogen-bond donors (Lipinski definition) is 1. The largest absolute Gasteiger partial charge is 0.306 e. The molecule has 1 aliphatic rings. The number of rotatable bonds is 4. The first-order valence-electron chi connectivity index (χ1n) is 6.36. The molecule has 0 fully saturated rings. The molecular formula is C14H22N2. The van der Waals surface area contributed by atoms with E-state index in [1.807, 2.05) is 12.3 Å². The van der Waals surface area contributed by atoms with Crippen LogP contribution in [-0.2, 0) is 6.42 Å². The summed E-state index contributed by atoms with van der Waals surface area (Å²) in [6, 6.07) is 5.30. The van der Waals surface area contributed by atoms with E-state index in [2.05, 4.69) is 37.1 Å². The van der Waals surface area contributed by atoms with E-state index >= 15 is 0 Å². The van der Waals surface area contributed by atoms with E-state index < -0.39 is 0 Å². The average molecular weight is 218 g/mol. The Bertz CT molecular complexity index is 346. The second-order valence-electron chi connectivity index (χ2n) is 5.34. The Morgan fingerprint density at radius 3 is 3.00 bits per heavy atom. The predicted molar refractivity (Wildman–Crippen MR) is 67.4 cm³/mol. The van der Waals surface area contributed by atoms with Gasteiger partial charge >= 0.3 is 0 Å². The van der Waals surface area contributed by atoms with Crippen molar-refractivity contribution >= 4 is 0 Å². The van der Waals surface area contributed by atoms with Gasteiger partial charge in [-0.1, -0.05) is 19.9 Å². The van der Waals surface area contributed by atoms with E-state index in [0.717, 1.165) is 5.92 Å². The Morgan fingerprint density at radius 2 is 2.25 bits per heavy atom. The molecule has 2 nitrogen and oxygen atoms in total. The zero-order valence-corrected chi connectivity index (χ0v) is 10.5. The fraction of sp³-hybridized carbons (Fsp3) is 0.643. The smallest absolute Gasteiger partial charge is 0.0605 e. The highest BCUT2D eigenvalue weighted by Gasteiger charge is 2.24. The Morgan fingerprint density at radius 1 is 1.44 bits per heavy atom. The lowest BCUT2D eigenvalue weighted by atomic mass is 10.0. The summed E-state index contributed by atoms with van der Waals surface area (Å²) >= 11 is 0. The van der Waals surface area contributed by atoms with E-state index in [1.54, 1.807) is 0 Å². The van der Waals surface area contributed by atoms with Crippen molar-refractivity contribution in [3.63, 3.8) is 0 Å². The van der Waals surface area contributed by atoms with Crippen LogP contribution in [0.4, 0.5) is 0 Å². The highest BCUT2D eigenvalue weighted by Crippen LogP contribution is 2.29. The normalized spacial score (nSPS) is 21.1. The molecule has 0 radical (unpaired) electrons. The van der Waals surface area contributed by atoms with Crippen LogP contribution in [0, 0.1) is 5.92 Å². The van der Waals surface area contributed by atoms with E-state index in [-0.39, 0.29) is 0 Å². The van der Waals surface area contributed by atoms with Crippen molar-refractivity contribution in [1.29, 1.82) is 0 Å². The maximum atomic E-state index is 4.51. The molecule has 0 aliphatic heterocycles. The molecule has 1 aromatic rings. The van der Waals surface area contributed by atoms with Crippen LogP contribution in [0.25, 0.3) is 0 Å². The lowest BCUT2D eigenvalue weighted by Gasteiger charge is -2.21. The van der Waals surface area contributed by atoms with E-state index in [0.29, 0.717) is 12.1 Å². The lowest BCUT2D eigenvalue weighted by molar-refractivity contribution is 0.389. The van der Waals surface area contributed by atoms with Crippen LogP contribution >= 0.6 is 0 Å². The minimum absolute atomic E-state index is 0.477. The summed E-state index contributed by atoms with van der Waals surface area (Å²) in [5, 5.41) is 3.70. The van der Waals surface area contributed by atoms with Crippen molar-refractivity contribution in [2.75, 3.05) is 0 Å². The molecule has 1 aliphatic carbocycles. The third-order valence-corrected chi connectivity index (χ3v) is 3.27. The number of pyridine rings is 1. The molecule has 16 heavy (non-hydrogen) atoms. The zero-order chi connectivity index (χ0) is 11.5. The lowest BCUT2D eigenvalue weighted by Crippen LogP contribution is -2.30. The van der Waals surface area contributed by atoms with Gasteiger partial charge in [0.15, 0.2) is 0 Å². The fourth-order valence-electron chi connectivity index (χ4n) is 2.69. The van der Waals surface area contributed by atoms with Gasteiger partial charge < -0.3 is 5.32 Å². The molecule has 2 rings (SSSR count). The molecule has 1 N–H and O–H groups in total. The molecule has 0 aromatic carbocycles. The third kappa shape index (κ3) is 2.62. The minimum Gasteiger partial charge on any atom is -0.306 e. The van der Waals surface area contributed by atoms with Gasteiger partial charge in [-0.2, -0.15) is 0 Å². The average Bonchev–Trinajstić information content (AvgIpc) is 2.61. The fourth-order valence-corrected chi connectivity index (χ4v) is 2.69. The highest BCUT2D eigenvalue weighted by molar-refractivity contribution is 5.27. The topological polar surface area (TPSA) is 24.9 Å². The van der Waals surface area contributed by atoms with Gasteiger partial charge in [-0.15, -0.1) is 0 Å². The summed E-state index contributed by atoms with van der Waals surface area (Å²) in [7, 11) is 0. The molecule has 2 heteroatoms. The summed E-state index contributed by atoms with van der Waals surface area (Å²) in [5.74, 6) is 0.757. The summed E-state index contributed by atoms with van der Waals surface area (Å²) in [6.07, 6.45) is 5.52. The maximum Gasteiger partial charge on any atom is 0.0605 e. The van der Waals surface area contributed by atoms with E-state index in [9.17, 15) is 0 Å². The summed E-state index contributed by atoms with van der Waals surface area (Å²) in [4.78, 5) is 4.51. The van der Waals surface area contributed by atoms with Crippen LogP contribution in [-0.4, -0.2) is 11.0 Å². The first kappa shape index (κ1) is 11.6. The number of aryl methyl sites for hydroxylation is 1. The molecular weight excluding hydrogens is 196 g/mol. The van der Waals surface area contributed by atoms with Crippen molar-refractivity contribution in [2.45, 2.75) is 52.1 Å². The second kappa shape index (κ2) is 4.96. The Labute approximate surface area is 98.5 Å². The molecule has 0 bridgehead atoms. The van der Waals surface area contributed by atoms with Gasteiger partial charge in [0.2, 0.25) is 0 Å². The number of nitrogens with zero attached hydrogens (tertiary/aromatic N) is 1. The van der Waals surface area contributed by atoms with Crippen LogP contribution < -0.4 is 5.32 Å². The minimum atomic E-state index is 0.477. The van der Waals surface area contributed by atoms with Crippen molar-refractivity contribution < 1.29 is 0 Å². The number of fused-ring (bicyclic) bond motifs is 1. The molecule has 2 atom stereocenters. The van der Waals surface area contributed by atoms with Crippen LogP contribution in [0.5, 0.6) is 0 Å². The van der Waals surface area contributed by atoms with E-state index in [4.69, 9.17) is 0 Å². The summed E-state index contributed by atoms with van der Waals surface area (Å²) in [5.41, 5.74) is 2.70. The van der Waals surface area contributed by atoms with Gasteiger partial charge in [-0.25, -0.2) is 0 Å². The maximum absolute atomic E-state index is 4.51. The standard InChI is InChI=1S/C14H22N2/c1-10(2)9-11(3)16-13-7-6-12-5-4-8-15-14(12)13/h4-5,8,10-11,13,16H,6-7,9H2,1-3H3. The molecule has 1 aromatic heterocycles. The molecule has 2 unspecified atom stereocenters. The van der Waals surface area contributed by atoms with Gasteiger partial charge in [-0.3, -0.25) is 4.98 Å². The van der Waals surface area contributed by atoms with Gasteiger partial charge in [0, 0.05) is 12.2 Å². The van der Waals surface area contributed by atoms with Crippen molar-refractivity contribution in [3.05, 3.63) is 29.6 Å². The van der Waals surface area contributed by atoms with Gasteiger partial charge in [0.05, 0.1) is 11.7 Å². The van der Waals surface area contributed by atoms with Crippen molar-refractivity contribution in [2.24, 2.45) is 5.92 Å². The SMILES string of the molecule is CC(C)CC(C)NC1CCc2cccnc21. The zero-order valence-electron chi connectivity index (χ0n) is 10.5. The first-order chi connectivity index (χ1) is 7.66. The van der Waals surface area contributed by atoms with Crippen LogP contribution in [0.1, 0.15) is 50.9 Å².